The minimum Gasteiger partial charge on any atom is -0.494 e. The highest BCUT2D eigenvalue weighted by molar-refractivity contribution is 6.09. The maximum atomic E-state index is 13.6. The molecule has 0 aliphatic rings. The highest BCUT2D eigenvalue weighted by atomic mass is 19.2. The summed E-state index contributed by atoms with van der Waals surface area (Å²) in [5, 5.41) is 0. The SMILES string of the molecule is CCOc1ccc(C(=O)c2c(F)c(F)c(F)c(F)c2F)cc1. The molecule has 7 heteroatoms. The molecule has 0 radical (unpaired) electrons. The van der Waals surface area contributed by atoms with Crippen LogP contribution in [0, 0.1) is 29.1 Å². The molecule has 0 bridgehead atoms. The van der Waals surface area contributed by atoms with Crippen LogP contribution in [0.4, 0.5) is 22.0 Å². The monoisotopic (exact) mass is 316 g/mol. The first-order valence-corrected chi connectivity index (χ1v) is 6.17. The van der Waals surface area contributed by atoms with Gasteiger partial charge in [0.25, 0.3) is 0 Å². The molecule has 22 heavy (non-hydrogen) atoms. The summed E-state index contributed by atoms with van der Waals surface area (Å²) in [6, 6.07) is 5.04. The summed E-state index contributed by atoms with van der Waals surface area (Å²) in [7, 11) is 0. The van der Waals surface area contributed by atoms with Crippen LogP contribution < -0.4 is 4.74 Å². The van der Waals surface area contributed by atoms with Crippen LogP contribution in [0.5, 0.6) is 5.75 Å². The smallest absolute Gasteiger partial charge is 0.200 e. The Morgan fingerprint density at radius 3 is 1.77 bits per heavy atom. The predicted octanol–water partition coefficient (Wildman–Crippen LogP) is 4.01. The van der Waals surface area contributed by atoms with Crippen molar-refractivity contribution in [1.29, 1.82) is 0 Å². The number of carbonyl (C=O) groups is 1. The minimum atomic E-state index is -2.31. The molecule has 0 unspecified atom stereocenters. The third-order valence-corrected chi connectivity index (χ3v) is 2.86. The molecule has 2 aromatic carbocycles. The molecule has 0 aliphatic carbocycles. The van der Waals surface area contributed by atoms with Crippen LogP contribution in [0.1, 0.15) is 22.8 Å². The first kappa shape index (κ1) is 15.9. The molecule has 116 valence electrons. The van der Waals surface area contributed by atoms with E-state index in [0.29, 0.717) is 12.4 Å². The average Bonchev–Trinajstić information content (AvgIpc) is 2.52. The van der Waals surface area contributed by atoms with Crippen LogP contribution in [0.2, 0.25) is 0 Å². The fraction of sp³-hybridized carbons (Fsp3) is 0.133. The van der Waals surface area contributed by atoms with E-state index in [2.05, 4.69) is 0 Å². The van der Waals surface area contributed by atoms with Crippen LogP contribution in [0.3, 0.4) is 0 Å². The molecule has 0 N–H and O–H groups in total. The Labute approximate surface area is 122 Å². The van der Waals surface area contributed by atoms with E-state index in [1.807, 2.05) is 0 Å². The van der Waals surface area contributed by atoms with Crippen LogP contribution in [-0.4, -0.2) is 12.4 Å². The molecule has 2 nitrogen and oxygen atoms in total. The fourth-order valence-corrected chi connectivity index (χ4v) is 1.82. The summed E-state index contributed by atoms with van der Waals surface area (Å²) in [5.74, 6) is -11.8. The van der Waals surface area contributed by atoms with E-state index >= 15 is 0 Å². The molecular weight excluding hydrogens is 307 g/mol. The van der Waals surface area contributed by atoms with E-state index in [0.717, 1.165) is 0 Å². The number of hydrogen-bond acceptors (Lipinski definition) is 2. The Balaban J connectivity index is 2.50. The van der Waals surface area contributed by atoms with Gasteiger partial charge in [0.2, 0.25) is 5.82 Å². The van der Waals surface area contributed by atoms with Gasteiger partial charge in [-0.25, -0.2) is 22.0 Å². The third-order valence-electron chi connectivity index (χ3n) is 2.86. The van der Waals surface area contributed by atoms with Gasteiger partial charge >= 0.3 is 0 Å². The van der Waals surface area contributed by atoms with Gasteiger partial charge in [-0.05, 0) is 31.2 Å². The maximum Gasteiger partial charge on any atom is 0.200 e. The molecule has 0 aliphatic heterocycles. The molecule has 0 saturated heterocycles. The van der Waals surface area contributed by atoms with Crippen molar-refractivity contribution in [2.45, 2.75) is 6.92 Å². The first-order chi connectivity index (χ1) is 10.4. The van der Waals surface area contributed by atoms with Crippen molar-refractivity contribution < 1.29 is 31.5 Å². The lowest BCUT2D eigenvalue weighted by Gasteiger charge is -2.08. The Bertz CT molecular complexity index is 697. The lowest BCUT2D eigenvalue weighted by molar-refractivity contribution is 0.102. The van der Waals surface area contributed by atoms with Crippen molar-refractivity contribution >= 4 is 5.78 Å². The van der Waals surface area contributed by atoms with Crippen molar-refractivity contribution in [2.24, 2.45) is 0 Å². The molecule has 2 rings (SSSR count). The van der Waals surface area contributed by atoms with Crippen molar-refractivity contribution in [2.75, 3.05) is 6.61 Å². The molecule has 0 atom stereocenters. The predicted molar refractivity (Wildman–Crippen MR) is 67.3 cm³/mol. The quantitative estimate of drug-likeness (QED) is 0.369. The summed E-state index contributed by atoms with van der Waals surface area (Å²) >= 11 is 0. The summed E-state index contributed by atoms with van der Waals surface area (Å²) in [5.41, 5.74) is -1.72. The lowest BCUT2D eigenvalue weighted by Crippen LogP contribution is -2.13. The van der Waals surface area contributed by atoms with Crippen LogP contribution >= 0.6 is 0 Å². The fourth-order valence-electron chi connectivity index (χ4n) is 1.82. The second-order valence-corrected chi connectivity index (χ2v) is 4.23. The number of benzene rings is 2. The van der Waals surface area contributed by atoms with Crippen molar-refractivity contribution in [3.05, 3.63) is 64.5 Å². The maximum absolute atomic E-state index is 13.6. The van der Waals surface area contributed by atoms with E-state index in [1.54, 1.807) is 6.92 Å². The van der Waals surface area contributed by atoms with Gasteiger partial charge in [-0.15, -0.1) is 0 Å². The highest BCUT2D eigenvalue weighted by Gasteiger charge is 2.30. The summed E-state index contributed by atoms with van der Waals surface area (Å²) in [6.07, 6.45) is 0. The van der Waals surface area contributed by atoms with Crippen LogP contribution in [0.15, 0.2) is 24.3 Å². The summed E-state index contributed by atoms with van der Waals surface area (Å²) in [4.78, 5) is 12.0. The van der Waals surface area contributed by atoms with Gasteiger partial charge in [-0.3, -0.25) is 4.79 Å². The number of hydrogen-bond donors (Lipinski definition) is 0. The Kier molecular flexibility index (Phi) is 4.44. The van der Waals surface area contributed by atoms with E-state index in [1.165, 1.54) is 24.3 Å². The van der Waals surface area contributed by atoms with E-state index in [4.69, 9.17) is 4.74 Å². The Hall–Kier alpha value is -2.44. The van der Waals surface area contributed by atoms with Crippen LogP contribution in [0.25, 0.3) is 0 Å². The second-order valence-electron chi connectivity index (χ2n) is 4.23. The third kappa shape index (κ3) is 2.66. The van der Waals surface area contributed by atoms with Gasteiger partial charge in [0.1, 0.15) is 11.3 Å². The first-order valence-electron chi connectivity index (χ1n) is 6.17. The van der Waals surface area contributed by atoms with Crippen molar-refractivity contribution in [1.82, 2.24) is 0 Å². The lowest BCUT2D eigenvalue weighted by atomic mass is 10.0. The normalized spacial score (nSPS) is 10.6. The van der Waals surface area contributed by atoms with E-state index in [9.17, 15) is 26.7 Å². The molecule has 0 heterocycles. The Morgan fingerprint density at radius 1 is 0.864 bits per heavy atom. The molecular formula is C15H9F5O2. The molecule has 0 amide bonds. The van der Waals surface area contributed by atoms with Gasteiger partial charge in [0.05, 0.1) is 6.61 Å². The number of rotatable bonds is 4. The minimum absolute atomic E-state index is 0.230. The van der Waals surface area contributed by atoms with Gasteiger partial charge in [-0.1, -0.05) is 0 Å². The molecule has 0 aromatic heterocycles. The van der Waals surface area contributed by atoms with Gasteiger partial charge in [-0.2, -0.15) is 0 Å². The zero-order valence-corrected chi connectivity index (χ0v) is 11.2. The van der Waals surface area contributed by atoms with E-state index < -0.39 is 40.4 Å². The topological polar surface area (TPSA) is 26.3 Å². The number of ether oxygens (including phenoxy) is 1. The summed E-state index contributed by atoms with van der Waals surface area (Å²) < 4.78 is 71.4. The molecule has 0 spiro atoms. The van der Waals surface area contributed by atoms with Gasteiger partial charge in [0.15, 0.2) is 29.1 Å². The zero-order valence-electron chi connectivity index (χ0n) is 11.2. The van der Waals surface area contributed by atoms with Gasteiger partial charge < -0.3 is 4.74 Å². The largest absolute Gasteiger partial charge is 0.494 e. The van der Waals surface area contributed by atoms with Crippen LogP contribution in [-0.2, 0) is 0 Å². The number of halogens is 5. The molecule has 0 saturated carbocycles. The molecule has 0 fully saturated rings. The molecule has 2 aromatic rings. The zero-order chi connectivity index (χ0) is 16.4. The summed E-state index contributed by atoms with van der Waals surface area (Å²) in [6.45, 7) is 2.10. The number of ketones is 1. The second kappa shape index (κ2) is 6.13. The number of carbonyl (C=O) groups excluding carboxylic acids is 1. The van der Waals surface area contributed by atoms with Gasteiger partial charge in [0, 0.05) is 5.56 Å². The van der Waals surface area contributed by atoms with Crippen molar-refractivity contribution in [3.8, 4) is 5.75 Å². The standard InChI is InChI=1S/C15H9F5O2/c1-2-22-8-5-3-7(4-6-8)15(21)9-10(16)12(18)14(20)13(19)11(9)17/h3-6H,2H2,1H3. The van der Waals surface area contributed by atoms with Crippen molar-refractivity contribution in [3.63, 3.8) is 0 Å². The highest BCUT2D eigenvalue weighted by Crippen LogP contribution is 2.25. The average molecular weight is 316 g/mol. The van der Waals surface area contributed by atoms with E-state index in [-0.39, 0.29) is 5.56 Å². The Morgan fingerprint density at radius 2 is 1.32 bits per heavy atom.